The fourth-order valence-corrected chi connectivity index (χ4v) is 4.18. The number of aliphatic hydroxyl groups excluding tert-OH is 1. The molecule has 0 aromatic carbocycles. The van der Waals surface area contributed by atoms with Crippen LogP contribution in [0.1, 0.15) is 42.4 Å². The molecule has 28 heavy (non-hydrogen) atoms. The molecule has 2 atom stereocenters. The van der Waals surface area contributed by atoms with Crippen LogP contribution in [-0.2, 0) is 4.74 Å². The maximum atomic E-state index is 12.6. The molecule has 9 nitrogen and oxygen atoms in total. The Hall–Kier alpha value is -2.52. The van der Waals surface area contributed by atoms with E-state index in [1.807, 2.05) is 6.92 Å². The van der Waals surface area contributed by atoms with Gasteiger partial charge in [0.2, 0.25) is 0 Å². The van der Waals surface area contributed by atoms with Crippen molar-refractivity contribution >= 4 is 11.7 Å². The van der Waals surface area contributed by atoms with Gasteiger partial charge in [-0.3, -0.25) is 9.78 Å². The molecule has 0 unspecified atom stereocenters. The molecule has 2 aromatic heterocycles. The van der Waals surface area contributed by atoms with E-state index in [0.717, 1.165) is 5.82 Å². The van der Waals surface area contributed by atoms with Crippen LogP contribution in [0.25, 0.3) is 0 Å². The van der Waals surface area contributed by atoms with Crippen LogP contribution in [0.5, 0.6) is 0 Å². The highest BCUT2D eigenvalue weighted by molar-refractivity contribution is 5.92. The number of aromatic nitrogens is 3. The largest absolute Gasteiger partial charge is 0.388 e. The summed E-state index contributed by atoms with van der Waals surface area (Å²) >= 11 is 0. The monoisotopic (exact) mass is 387 g/mol. The average Bonchev–Trinajstić information content (AvgIpc) is 3.14. The Morgan fingerprint density at radius 1 is 1.32 bits per heavy atom. The molecule has 9 heteroatoms. The highest BCUT2D eigenvalue weighted by atomic mass is 16.5. The molecule has 2 fully saturated rings. The van der Waals surface area contributed by atoms with Crippen molar-refractivity contribution in [2.45, 2.75) is 50.4 Å². The predicted octanol–water partition coefficient (Wildman–Crippen LogP) is 1.08. The van der Waals surface area contributed by atoms with Crippen molar-refractivity contribution in [3.05, 3.63) is 36.1 Å². The van der Waals surface area contributed by atoms with E-state index in [-0.39, 0.29) is 11.6 Å². The smallest absolute Gasteiger partial charge is 0.273 e. The van der Waals surface area contributed by atoms with E-state index in [1.165, 1.54) is 0 Å². The van der Waals surface area contributed by atoms with Gasteiger partial charge in [-0.1, -0.05) is 5.16 Å². The first-order chi connectivity index (χ1) is 13.4. The van der Waals surface area contributed by atoms with E-state index < -0.39 is 17.2 Å². The molecule has 0 aliphatic carbocycles. The topological polar surface area (TPSA) is 114 Å². The molecular weight excluding hydrogens is 362 g/mol. The Morgan fingerprint density at radius 3 is 2.75 bits per heavy atom. The van der Waals surface area contributed by atoms with Gasteiger partial charge in [0.05, 0.1) is 17.3 Å². The van der Waals surface area contributed by atoms with Crippen LogP contribution in [0.2, 0.25) is 0 Å². The average molecular weight is 387 g/mol. The third kappa shape index (κ3) is 3.35. The Balaban J connectivity index is 1.47. The number of anilines is 1. The van der Waals surface area contributed by atoms with Crippen molar-refractivity contribution in [1.82, 2.24) is 20.4 Å². The van der Waals surface area contributed by atoms with E-state index in [0.29, 0.717) is 44.7 Å². The number of ether oxygens (including phenoxy) is 1. The van der Waals surface area contributed by atoms with Crippen molar-refractivity contribution in [3.8, 4) is 0 Å². The fraction of sp³-hybridized carbons (Fsp3) is 0.579. The second-order valence-electron chi connectivity index (χ2n) is 7.81. The summed E-state index contributed by atoms with van der Waals surface area (Å²) in [4.78, 5) is 23.2. The third-order valence-corrected chi connectivity index (χ3v) is 5.86. The van der Waals surface area contributed by atoms with Crippen LogP contribution in [-0.4, -0.2) is 63.1 Å². The van der Waals surface area contributed by atoms with Gasteiger partial charge in [0.25, 0.3) is 5.91 Å². The molecule has 2 aliphatic heterocycles. The molecule has 4 rings (SSSR count). The van der Waals surface area contributed by atoms with Gasteiger partial charge in [0, 0.05) is 38.2 Å². The number of rotatable bonds is 3. The summed E-state index contributed by atoms with van der Waals surface area (Å²) in [6.45, 7) is 5.46. The minimum Gasteiger partial charge on any atom is -0.388 e. The number of aliphatic hydroxyl groups is 1. The number of amides is 1. The highest BCUT2D eigenvalue weighted by Gasteiger charge is 2.54. The van der Waals surface area contributed by atoms with Gasteiger partial charge in [-0.2, -0.15) is 0 Å². The zero-order chi connectivity index (χ0) is 19.8. The number of piperidine rings is 1. The molecule has 2 aromatic rings. The fourth-order valence-electron chi connectivity index (χ4n) is 4.18. The summed E-state index contributed by atoms with van der Waals surface area (Å²) in [5, 5.41) is 18.0. The van der Waals surface area contributed by atoms with Crippen LogP contribution in [0.3, 0.4) is 0 Å². The maximum absolute atomic E-state index is 12.6. The van der Waals surface area contributed by atoms with Gasteiger partial charge in [-0.05, 0) is 33.1 Å². The predicted molar refractivity (Wildman–Crippen MR) is 99.9 cm³/mol. The van der Waals surface area contributed by atoms with Gasteiger partial charge >= 0.3 is 0 Å². The molecule has 150 valence electrons. The first kappa shape index (κ1) is 18.8. The van der Waals surface area contributed by atoms with E-state index in [2.05, 4.69) is 25.3 Å². The van der Waals surface area contributed by atoms with Crippen molar-refractivity contribution in [2.24, 2.45) is 0 Å². The number of hydrogen-bond acceptors (Lipinski definition) is 8. The lowest BCUT2D eigenvalue weighted by Gasteiger charge is -2.53. The van der Waals surface area contributed by atoms with Gasteiger partial charge in [-0.25, -0.2) is 4.98 Å². The minimum atomic E-state index is -0.838. The number of nitrogens with zero attached hydrogens (tertiary/aromatic N) is 4. The van der Waals surface area contributed by atoms with Crippen molar-refractivity contribution in [3.63, 3.8) is 0 Å². The lowest BCUT2D eigenvalue weighted by molar-refractivity contribution is -0.195. The van der Waals surface area contributed by atoms with Crippen LogP contribution in [0.15, 0.2) is 29.2 Å². The zero-order valence-electron chi connectivity index (χ0n) is 16.1. The molecule has 2 aliphatic rings. The lowest BCUT2D eigenvalue weighted by atomic mass is 9.73. The second-order valence-corrected chi connectivity index (χ2v) is 7.81. The number of hydrogen-bond donors (Lipinski definition) is 2. The SMILES string of the molecule is Cc1cc(C(=O)N[C@@]2(C)CCOC3(CCN(c4cnccn4)CC3)[C@@H]2O)no1. The Kier molecular flexibility index (Phi) is 4.80. The Labute approximate surface area is 163 Å². The molecular formula is C19H25N5O4. The normalized spacial score (nSPS) is 27.0. The van der Waals surface area contributed by atoms with Gasteiger partial charge < -0.3 is 24.6 Å². The van der Waals surface area contributed by atoms with E-state index >= 15 is 0 Å². The van der Waals surface area contributed by atoms with E-state index in [4.69, 9.17) is 9.26 Å². The summed E-state index contributed by atoms with van der Waals surface area (Å²) in [7, 11) is 0. The van der Waals surface area contributed by atoms with E-state index in [9.17, 15) is 9.90 Å². The number of carbonyl (C=O) groups is 1. The molecule has 4 heterocycles. The van der Waals surface area contributed by atoms with Crippen LogP contribution < -0.4 is 10.2 Å². The quantitative estimate of drug-likeness (QED) is 0.804. The molecule has 1 spiro atoms. The van der Waals surface area contributed by atoms with Gasteiger partial charge in [0.1, 0.15) is 17.7 Å². The summed E-state index contributed by atoms with van der Waals surface area (Å²) in [5.41, 5.74) is -1.29. The molecule has 0 bridgehead atoms. The number of nitrogens with one attached hydrogen (secondary N) is 1. The molecule has 2 saturated heterocycles. The summed E-state index contributed by atoms with van der Waals surface area (Å²) in [6, 6.07) is 1.58. The summed E-state index contributed by atoms with van der Waals surface area (Å²) < 4.78 is 11.1. The maximum Gasteiger partial charge on any atom is 0.273 e. The molecule has 1 amide bonds. The molecule has 2 N–H and O–H groups in total. The summed E-state index contributed by atoms with van der Waals surface area (Å²) in [6.07, 6.45) is 6.01. The Morgan fingerprint density at radius 2 is 2.11 bits per heavy atom. The summed E-state index contributed by atoms with van der Waals surface area (Å²) in [5.74, 6) is 1.03. The molecule has 0 radical (unpaired) electrons. The van der Waals surface area contributed by atoms with Crippen LogP contribution in [0, 0.1) is 6.92 Å². The first-order valence-electron chi connectivity index (χ1n) is 9.51. The first-order valence-corrected chi connectivity index (χ1v) is 9.51. The highest BCUT2D eigenvalue weighted by Crippen LogP contribution is 2.40. The Bertz CT molecular complexity index is 834. The zero-order valence-corrected chi connectivity index (χ0v) is 16.1. The third-order valence-electron chi connectivity index (χ3n) is 5.86. The second kappa shape index (κ2) is 7.14. The number of carbonyl (C=O) groups excluding carboxylic acids is 1. The van der Waals surface area contributed by atoms with Crippen LogP contribution in [0.4, 0.5) is 5.82 Å². The molecule has 0 saturated carbocycles. The van der Waals surface area contributed by atoms with Crippen molar-refractivity contribution in [2.75, 3.05) is 24.6 Å². The number of aryl methyl sites for hydroxylation is 1. The van der Waals surface area contributed by atoms with E-state index in [1.54, 1.807) is 31.6 Å². The van der Waals surface area contributed by atoms with Gasteiger partial charge in [0.15, 0.2) is 5.69 Å². The van der Waals surface area contributed by atoms with Crippen molar-refractivity contribution < 1.29 is 19.2 Å². The standard InChI is InChI=1S/C19H25N5O4/c1-13-11-14(23-28-13)16(25)22-18(2)5-10-27-19(17(18)26)3-8-24(9-4-19)15-12-20-6-7-21-15/h6-7,11-12,17,26H,3-5,8-10H2,1-2H3,(H,22,25)/t17-,18+/m1/s1. The minimum absolute atomic E-state index is 0.212. The van der Waals surface area contributed by atoms with Crippen molar-refractivity contribution in [1.29, 1.82) is 0 Å². The van der Waals surface area contributed by atoms with Gasteiger partial charge in [-0.15, -0.1) is 0 Å². The van der Waals surface area contributed by atoms with Crippen LogP contribution >= 0.6 is 0 Å². The lowest BCUT2D eigenvalue weighted by Crippen LogP contribution is -2.69.